The van der Waals surface area contributed by atoms with E-state index in [2.05, 4.69) is 36.3 Å². The topological polar surface area (TPSA) is 67.4 Å². The molecule has 0 aliphatic rings. The molecule has 0 unspecified atom stereocenters. The van der Waals surface area contributed by atoms with Gasteiger partial charge in [0.05, 0.1) is 5.02 Å². The maximum absolute atomic E-state index is 13.4. The Kier molecular flexibility index (Phi) is 10.0. The molecular weight excluding hydrogens is 419 g/mol. The van der Waals surface area contributed by atoms with Crippen LogP contribution in [0.3, 0.4) is 0 Å². The molecule has 2 amide bonds. The van der Waals surface area contributed by atoms with Crippen LogP contribution in [-0.2, 0) is 22.6 Å². The van der Waals surface area contributed by atoms with Gasteiger partial charge in [-0.2, -0.15) is 0 Å². The highest BCUT2D eigenvalue weighted by molar-refractivity contribution is 6.30. The maximum Gasteiger partial charge on any atom is 0.262 e. The van der Waals surface area contributed by atoms with Gasteiger partial charge < -0.3 is 15.4 Å². The summed E-state index contributed by atoms with van der Waals surface area (Å²) in [6, 6.07) is 12.2. The van der Waals surface area contributed by atoms with Crippen molar-refractivity contribution in [3.05, 3.63) is 76.7 Å². The van der Waals surface area contributed by atoms with E-state index in [1.54, 1.807) is 0 Å². The molecule has 2 N–H and O–H groups in total. The number of hydrogen-bond donors (Lipinski definition) is 2. The SMILES string of the molecule is C=C(CCC(=O)NCc1ccc(CCCC)cc1)NC(=O)COc1ccc(Cl)c(F)c1. The second-order valence-electron chi connectivity index (χ2n) is 7.21. The minimum atomic E-state index is -0.623. The van der Waals surface area contributed by atoms with Gasteiger partial charge in [0.2, 0.25) is 5.91 Å². The summed E-state index contributed by atoms with van der Waals surface area (Å²) in [5, 5.41) is 5.41. The number of rotatable bonds is 12. The molecule has 166 valence electrons. The molecule has 0 saturated carbocycles. The van der Waals surface area contributed by atoms with Gasteiger partial charge in [0.25, 0.3) is 5.91 Å². The van der Waals surface area contributed by atoms with E-state index < -0.39 is 11.7 Å². The zero-order chi connectivity index (χ0) is 22.6. The monoisotopic (exact) mass is 446 g/mol. The van der Waals surface area contributed by atoms with Crippen LogP contribution in [0.2, 0.25) is 5.02 Å². The summed E-state index contributed by atoms with van der Waals surface area (Å²) in [6.45, 7) is 6.07. The van der Waals surface area contributed by atoms with Crippen LogP contribution >= 0.6 is 11.6 Å². The fourth-order valence-corrected chi connectivity index (χ4v) is 2.89. The summed E-state index contributed by atoms with van der Waals surface area (Å²) in [5.74, 6) is -0.995. The van der Waals surface area contributed by atoms with Gasteiger partial charge in [-0.25, -0.2) is 4.39 Å². The molecule has 0 aromatic heterocycles. The molecule has 0 spiro atoms. The maximum atomic E-state index is 13.4. The molecule has 0 radical (unpaired) electrons. The van der Waals surface area contributed by atoms with E-state index in [0.29, 0.717) is 18.7 Å². The minimum absolute atomic E-state index is 0.0209. The standard InChI is InChI=1S/C24H28ClFN2O3/c1-3-4-5-18-7-9-19(10-8-18)15-27-23(29)13-6-17(2)28-24(30)16-31-20-11-12-21(25)22(26)14-20/h7-12,14H,2-6,13,15-16H2,1H3,(H,27,29)(H,28,30). The Morgan fingerprint density at radius 2 is 1.77 bits per heavy atom. The van der Waals surface area contributed by atoms with Crippen molar-refractivity contribution < 1.29 is 18.7 Å². The van der Waals surface area contributed by atoms with Crippen molar-refractivity contribution in [1.29, 1.82) is 0 Å². The lowest BCUT2D eigenvalue weighted by molar-refractivity contribution is -0.123. The van der Waals surface area contributed by atoms with Gasteiger partial charge in [0.1, 0.15) is 11.6 Å². The van der Waals surface area contributed by atoms with E-state index in [-0.39, 0.29) is 29.7 Å². The molecule has 0 saturated heterocycles. The van der Waals surface area contributed by atoms with Crippen molar-refractivity contribution in [2.45, 2.75) is 45.6 Å². The van der Waals surface area contributed by atoms with Crippen LogP contribution in [0, 0.1) is 5.82 Å². The van der Waals surface area contributed by atoms with Crippen molar-refractivity contribution in [2.24, 2.45) is 0 Å². The third-order valence-corrected chi connectivity index (χ3v) is 4.87. The van der Waals surface area contributed by atoms with Crippen LogP contribution in [0.4, 0.5) is 4.39 Å². The summed E-state index contributed by atoms with van der Waals surface area (Å²) in [5.41, 5.74) is 2.75. The Balaban J connectivity index is 1.64. The van der Waals surface area contributed by atoms with Crippen LogP contribution in [0.15, 0.2) is 54.7 Å². The van der Waals surface area contributed by atoms with Crippen LogP contribution in [0.25, 0.3) is 0 Å². The Bertz CT molecular complexity index is 900. The van der Waals surface area contributed by atoms with Crippen LogP contribution in [0.5, 0.6) is 5.75 Å². The molecular formula is C24H28ClFN2O3. The molecule has 2 aromatic carbocycles. The van der Waals surface area contributed by atoms with Crippen LogP contribution < -0.4 is 15.4 Å². The number of amides is 2. The van der Waals surface area contributed by atoms with Gasteiger partial charge in [0, 0.05) is 24.7 Å². The zero-order valence-corrected chi connectivity index (χ0v) is 18.4. The van der Waals surface area contributed by atoms with Crippen LogP contribution in [0.1, 0.15) is 43.7 Å². The highest BCUT2D eigenvalue weighted by atomic mass is 35.5. The highest BCUT2D eigenvalue weighted by Crippen LogP contribution is 2.20. The summed E-state index contributed by atoms with van der Waals surface area (Å²) in [6.07, 6.45) is 3.92. The first kappa shape index (κ1) is 24.4. The van der Waals surface area contributed by atoms with E-state index in [9.17, 15) is 14.0 Å². The Morgan fingerprint density at radius 1 is 1.06 bits per heavy atom. The predicted molar refractivity (Wildman–Crippen MR) is 120 cm³/mol. The third-order valence-electron chi connectivity index (χ3n) is 4.56. The number of carbonyl (C=O) groups excluding carboxylic acids is 2. The van der Waals surface area contributed by atoms with Crippen LogP contribution in [-0.4, -0.2) is 18.4 Å². The molecule has 2 rings (SSSR count). The quantitative estimate of drug-likeness (QED) is 0.486. The number of carbonyl (C=O) groups is 2. The number of halogens is 2. The normalized spacial score (nSPS) is 10.4. The molecule has 0 atom stereocenters. The fraction of sp³-hybridized carbons (Fsp3) is 0.333. The average molecular weight is 447 g/mol. The van der Waals surface area contributed by atoms with Crippen molar-refractivity contribution in [2.75, 3.05) is 6.61 Å². The molecule has 7 heteroatoms. The zero-order valence-electron chi connectivity index (χ0n) is 17.7. The predicted octanol–water partition coefficient (Wildman–Crippen LogP) is 4.93. The first-order valence-corrected chi connectivity index (χ1v) is 10.6. The molecule has 2 aromatic rings. The molecule has 0 bridgehead atoms. The molecule has 31 heavy (non-hydrogen) atoms. The second kappa shape index (κ2) is 12.7. The van der Waals surface area contributed by atoms with Gasteiger partial charge in [0.15, 0.2) is 6.61 Å². The number of allylic oxidation sites excluding steroid dienone is 1. The lowest BCUT2D eigenvalue weighted by atomic mass is 10.1. The smallest absolute Gasteiger partial charge is 0.262 e. The van der Waals surface area contributed by atoms with Crippen molar-refractivity contribution in [3.63, 3.8) is 0 Å². The Morgan fingerprint density at radius 3 is 2.45 bits per heavy atom. The first-order chi connectivity index (χ1) is 14.9. The van der Waals surface area contributed by atoms with Crippen molar-refractivity contribution in [1.82, 2.24) is 10.6 Å². The Hall–Kier alpha value is -2.86. The van der Waals surface area contributed by atoms with Gasteiger partial charge >= 0.3 is 0 Å². The van der Waals surface area contributed by atoms with Gasteiger partial charge in [-0.15, -0.1) is 0 Å². The minimum Gasteiger partial charge on any atom is -0.484 e. The van der Waals surface area contributed by atoms with Gasteiger partial charge in [-0.1, -0.05) is 55.8 Å². The number of hydrogen-bond acceptors (Lipinski definition) is 3. The van der Waals surface area contributed by atoms with Crippen molar-refractivity contribution >= 4 is 23.4 Å². The first-order valence-electron chi connectivity index (χ1n) is 10.3. The number of nitrogens with one attached hydrogen (secondary N) is 2. The van der Waals surface area contributed by atoms with E-state index >= 15 is 0 Å². The third kappa shape index (κ3) is 9.22. The summed E-state index contributed by atoms with van der Waals surface area (Å²) < 4.78 is 18.6. The number of unbranched alkanes of at least 4 members (excludes halogenated alkanes) is 1. The molecule has 0 aliphatic heterocycles. The highest BCUT2D eigenvalue weighted by Gasteiger charge is 2.09. The molecule has 5 nitrogen and oxygen atoms in total. The number of ether oxygens (including phenoxy) is 1. The lowest BCUT2D eigenvalue weighted by Crippen LogP contribution is -2.29. The summed E-state index contributed by atoms with van der Waals surface area (Å²) in [4.78, 5) is 24.0. The number of benzene rings is 2. The Labute approximate surface area is 187 Å². The largest absolute Gasteiger partial charge is 0.484 e. The fourth-order valence-electron chi connectivity index (χ4n) is 2.77. The summed E-state index contributed by atoms with van der Waals surface area (Å²) >= 11 is 5.60. The molecule has 0 aliphatic carbocycles. The van der Waals surface area contributed by atoms with E-state index in [1.807, 2.05) is 12.1 Å². The van der Waals surface area contributed by atoms with Gasteiger partial charge in [-0.3, -0.25) is 9.59 Å². The average Bonchev–Trinajstić information content (AvgIpc) is 2.76. The van der Waals surface area contributed by atoms with E-state index in [0.717, 1.165) is 18.1 Å². The van der Waals surface area contributed by atoms with Crippen molar-refractivity contribution in [3.8, 4) is 5.75 Å². The lowest BCUT2D eigenvalue weighted by Gasteiger charge is -2.10. The van der Waals surface area contributed by atoms with E-state index in [4.69, 9.17) is 16.3 Å². The second-order valence-corrected chi connectivity index (χ2v) is 7.62. The van der Waals surface area contributed by atoms with E-state index in [1.165, 1.54) is 30.5 Å². The van der Waals surface area contributed by atoms with Gasteiger partial charge in [-0.05, 0) is 42.5 Å². The molecule has 0 fully saturated rings. The summed E-state index contributed by atoms with van der Waals surface area (Å²) in [7, 11) is 0. The number of aryl methyl sites for hydroxylation is 1. The molecule has 0 heterocycles.